The van der Waals surface area contributed by atoms with E-state index in [1.807, 2.05) is 31.9 Å². The smallest absolute Gasteiger partial charge is 0.236 e. The van der Waals surface area contributed by atoms with E-state index in [2.05, 4.69) is 29.2 Å². The Morgan fingerprint density at radius 1 is 1.11 bits per heavy atom. The summed E-state index contributed by atoms with van der Waals surface area (Å²) in [7, 11) is 2.02. The minimum Gasteiger partial charge on any atom is -0.342 e. The van der Waals surface area contributed by atoms with Crippen LogP contribution >= 0.6 is 0 Å². The highest BCUT2D eigenvalue weighted by Gasteiger charge is 2.11. The van der Waals surface area contributed by atoms with Crippen LogP contribution in [0, 0.1) is 0 Å². The molecule has 19 heavy (non-hydrogen) atoms. The molecule has 0 atom stereocenters. The second-order valence-corrected chi connectivity index (χ2v) is 4.89. The fourth-order valence-corrected chi connectivity index (χ4v) is 2.18. The average Bonchev–Trinajstić information content (AvgIpc) is 2.41. The van der Waals surface area contributed by atoms with Crippen molar-refractivity contribution in [3.63, 3.8) is 0 Å². The molecule has 0 fully saturated rings. The SMILES string of the molecule is CCN(CC)C(=O)CN(C)CCCc1ccccc1. The van der Waals surface area contributed by atoms with Crippen LogP contribution < -0.4 is 0 Å². The third-order valence-corrected chi connectivity index (χ3v) is 3.37. The summed E-state index contributed by atoms with van der Waals surface area (Å²) in [6, 6.07) is 10.5. The van der Waals surface area contributed by atoms with Crippen LogP contribution in [0.4, 0.5) is 0 Å². The minimum atomic E-state index is 0.229. The van der Waals surface area contributed by atoms with Crippen molar-refractivity contribution < 1.29 is 4.79 Å². The van der Waals surface area contributed by atoms with Gasteiger partial charge in [-0.25, -0.2) is 0 Å². The van der Waals surface area contributed by atoms with Crippen molar-refractivity contribution in [3.8, 4) is 0 Å². The predicted molar refractivity (Wildman–Crippen MR) is 80.2 cm³/mol. The summed E-state index contributed by atoms with van der Waals surface area (Å²) < 4.78 is 0. The maximum atomic E-state index is 11.9. The third-order valence-electron chi connectivity index (χ3n) is 3.37. The molecule has 0 saturated carbocycles. The van der Waals surface area contributed by atoms with Crippen molar-refractivity contribution in [1.29, 1.82) is 0 Å². The summed E-state index contributed by atoms with van der Waals surface area (Å²) in [6.07, 6.45) is 2.16. The molecule has 0 unspecified atom stereocenters. The summed E-state index contributed by atoms with van der Waals surface area (Å²) in [5.41, 5.74) is 1.37. The number of hydrogen-bond donors (Lipinski definition) is 0. The molecule has 3 heteroatoms. The summed E-state index contributed by atoms with van der Waals surface area (Å²) in [5.74, 6) is 0.229. The molecule has 0 aromatic heterocycles. The predicted octanol–water partition coefficient (Wildman–Crippen LogP) is 2.42. The molecule has 0 aliphatic rings. The number of amides is 1. The lowest BCUT2D eigenvalue weighted by Gasteiger charge is -2.23. The molecule has 106 valence electrons. The van der Waals surface area contributed by atoms with Gasteiger partial charge in [-0.1, -0.05) is 30.3 Å². The molecule has 0 N–H and O–H groups in total. The van der Waals surface area contributed by atoms with Crippen molar-refractivity contribution >= 4 is 5.91 Å². The van der Waals surface area contributed by atoms with Crippen LogP contribution in [0.5, 0.6) is 0 Å². The quantitative estimate of drug-likeness (QED) is 0.718. The molecule has 0 aliphatic carbocycles. The molecule has 0 bridgehead atoms. The number of nitrogens with zero attached hydrogens (tertiary/aromatic N) is 2. The molecule has 3 nitrogen and oxygen atoms in total. The molecule has 0 radical (unpaired) electrons. The van der Waals surface area contributed by atoms with E-state index in [9.17, 15) is 4.79 Å². The van der Waals surface area contributed by atoms with Crippen molar-refractivity contribution in [3.05, 3.63) is 35.9 Å². The lowest BCUT2D eigenvalue weighted by atomic mass is 10.1. The van der Waals surface area contributed by atoms with Crippen LogP contribution in [0.3, 0.4) is 0 Å². The van der Waals surface area contributed by atoms with Gasteiger partial charge >= 0.3 is 0 Å². The van der Waals surface area contributed by atoms with Gasteiger partial charge < -0.3 is 4.90 Å². The number of carbonyl (C=O) groups excluding carboxylic acids is 1. The lowest BCUT2D eigenvalue weighted by Crippen LogP contribution is -2.39. The van der Waals surface area contributed by atoms with Crippen LogP contribution in [-0.2, 0) is 11.2 Å². The lowest BCUT2D eigenvalue weighted by molar-refractivity contribution is -0.131. The number of benzene rings is 1. The Morgan fingerprint density at radius 3 is 2.32 bits per heavy atom. The van der Waals surface area contributed by atoms with Gasteiger partial charge in [0.2, 0.25) is 5.91 Å². The van der Waals surface area contributed by atoms with E-state index in [1.54, 1.807) is 0 Å². The highest BCUT2D eigenvalue weighted by molar-refractivity contribution is 5.78. The molecule has 0 spiro atoms. The molecule has 1 aromatic rings. The van der Waals surface area contributed by atoms with Crippen LogP contribution in [0.1, 0.15) is 25.8 Å². The zero-order valence-corrected chi connectivity index (χ0v) is 12.4. The maximum absolute atomic E-state index is 11.9. The molecule has 0 heterocycles. The largest absolute Gasteiger partial charge is 0.342 e. The molecule has 0 saturated heterocycles. The van der Waals surface area contributed by atoms with Crippen molar-refractivity contribution in [2.24, 2.45) is 0 Å². The second kappa shape index (κ2) is 8.70. The number of aryl methyl sites for hydroxylation is 1. The van der Waals surface area contributed by atoms with Crippen molar-refractivity contribution in [1.82, 2.24) is 9.80 Å². The average molecular weight is 262 g/mol. The van der Waals surface area contributed by atoms with Gasteiger partial charge in [0.15, 0.2) is 0 Å². The molecule has 1 amide bonds. The Labute approximate surface area is 117 Å². The summed E-state index contributed by atoms with van der Waals surface area (Å²) >= 11 is 0. The number of likely N-dealkylation sites (N-methyl/N-ethyl adjacent to an activating group) is 2. The normalized spacial score (nSPS) is 10.7. The van der Waals surface area contributed by atoms with Crippen molar-refractivity contribution in [2.75, 3.05) is 33.2 Å². The van der Waals surface area contributed by atoms with E-state index in [-0.39, 0.29) is 5.91 Å². The first-order chi connectivity index (χ1) is 9.17. The Kier molecular flexibility index (Phi) is 7.19. The van der Waals surface area contributed by atoms with E-state index < -0.39 is 0 Å². The van der Waals surface area contributed by atoms with E-state index in [4.69, 9.17) is 0 Å². The Morgan fingerprint density at radius 2 is 1.74 bits per heavy atom. The van der Waals surface area contributed by atoms with Gasteiger partial charge in [0, 0.05) is 13.1 Å². The van der Waals surface area contributed by atoms with Gasteiger partial charge in [0.1, 0.15) is 0 Å². The monoisotopic (exact) mass is 262 g/mol. The van der Waals surface area contributed by atoms with Crippen LogP contribution in [0.15, 0.2) is 30.3 Å². The maximum Gasteiger partial charge on any atom is 0.236 e. The molecular formula is C16H26N2O. The van der Waals surface area contributed by atoms with Gasteiger partial charge in [-0.15, -0.1) is 0 Å². The first-order valence-corrected chi connectivity index (χ1v) is 7.17. The van der Waals surface area contributed by atoms with Crippen LogP contribution in [-0.4, -0.2) is 48.9 Å². The van der Waals surface area contributed by atoms with Gasteiger partial charge in [0.25, 0.3) is 0 Å². The molecular weight excluding hydrogens is 236 g/mol. The van der Waals surface area contributed by atoms with Gasteiger partial charge in [0.05, 0.1) is 6.54 Å². The Balaban J connectivity index is 2.24. The van der Waals surface area contributed by atoms with Gasteiger partial charge in [-0.3, -0.25) is 9.69 Å². The highest BCUT2D eigenvalue weighted by Crippen LogP contribution is 2.03. The second-order valence-electron chi connectivity index (χ2n) is 4.89. The zero-order chi connectivity index (χ0) is 14.1. The Hall–Kier alpha value is -1.35. The fourth-order valence-electron chi connectivity index (χ4n) is 2.18. The highest BCUT2D eigenvalue weighted by atomic mass is 16.2. The van der Waals surface area contributed by atoms with Crippen LogP contribution in [0.25, 0.3) is 0 Å². The molecule has 0 aliphatic heterocycles. The summed E-state index contributed by atoms with van der Waals surface area (Å²) in [4.78, 5) is 15.9. The molecule has 1 aromatic carbocycles. The number of hydrogen-bond acceptors (Lipinski definition) is 2. The fraction of sp³-hybridized carbons (Fsp3) is 0.562. The third kappa shape index (κ3) is 5.88. The Bertz CT molecular complexity index is 360. The standard InChI is InChI=1S/C16H26N2O/c1-4-18(5-2)16(19)14-17(3)13-9-12-15-10-7-6-8-11-15/h6-8,10-11H,4-5,9,12-14H2,1-3H3. The summed E-state index contributed by atoms with van der Waals surface area (Å²) in [6.45, 7) is 7.13. The molecule has 1 rings (SSSR count). The zero-order valence-electron chi connectivity index (χ0n) is 12.4. The summed E-state index contributed by atoms with van der Waals surface area (Å²) in [5, 5.41) is 0. The number of carbonyl (C=O) groups is 1. The van der Waals surface area contributed by atoms with Crippen molar-refractivity contribution in [2.45, 2.75) is 26.7 Å². The topological polar surface area (TPSA) is 23.6 Å². The number of rotatable bonds is 8. The van der Waals surface area contributed by atoms with E-state index >= 15 is 0 Å². The van der Waals surface area contributed by atoms with Crippen LogP contribution in [0.2, 0.25) is 0 Å². The van der Waals surface area contributed by atoms with Gasteiger partial charge in [-0.2, -0.15) is 0 Å². The van der Waals surface area contributed by atoms with E-state index in [0.29, 0.717) is 6.54 Å². The first-order valence-electron chi connectivity index (χ1n) is 7.17. The van der Waals surface area contributed by atoms with E-state index in [0.717, 1.165) is 32.5 Å². The van der Waals surface area contributed by atoms with Gasteiger partial charge in [-0.05, 0) is 45.8 Å². The first kappa shape index (κ1) is 15.7. The van der Waals surface area contributed by atoms with E-state index in [1.165, 1.54) is 5.56 Å². The minimum absolute atomic E-state index is 0.229.